The van der Waals surface area contributed by atoms with Crippen LogP contribution in [0.2, 0.25) is 0 Å². The molecule has 10 heteroatoms. The van der Waals surface area contributed by atoms with E-state index in [1.165, 1.54) is 36.4 Å². The molecule has 0 aliphatic carbocycles. The second kappa shape index (κ2) is 8.95. The Morgan fingerprint density at radius 2 is 1.60 bits per heavy atom. The first-order valence-electron chi connectivity index (χ1n) is 8.91. The lowest BCUT2D eigenvalue weighted by molar-refractivity contribution is -0.143. The van der Waals surface area contributed by atoms with Crippen LogP contribution in [0.25, 0.3) is 0 Å². The van der Waals surface area contributed by atoms with Crippen LogP contribution in [0.15, 0.2) is 53.4 Å². The number of carbonyl (C=O) groups is 3. The van der Waals surface area contributed by atoms with Gasteiger partial charge in [0.2, 0.25) is 5.91 Å². The van der Waals surface area contributed by atoms with Gasteiger partial charge in [-0.2, -0.15) is 0 Å². The highest BCUT2D eigenvalue weighted by Gasteiger charge is 2.24. The molecule has 30 heavy (non-hydrogen) atoms. The molecule has 0 saturated heterocycles. The van der Waals surface area contributed by atoms with Gasteiger partial charge in [-0.15, -0.1) is 0 Å². The van der Waals surface area contributed by atoms with Crippen molar-refractivity contribution in [1.82, 2.24) is 5.32 Å². The molecule has 9 nitrogen and oxygen atoms in total. The first-order chi connectivity index (χ1) is 13.9. The molecule has 0 spiro atoms. The van der Waals surface area contributed by atoms with Gasteiger partial charge in [0.1, 0.15) is 5.75 Å². The molecule has 0 atom stereocenters. The molecule has 0 aromatic heterocycles. The van der Waals surface area contributed by atoms with Gasteiger partial charge >= 0.3 is 5.97 Å². The monoisotopic (exact) mass is 433 g/mol. The van der Waals surface area contributed by atoms with Crippen LogP contribution in [0.4, 0.5) is 5.69 Å². The molecule has 0 bridgehead atoms. The SMILES string of the molecule is CC(C)(C)C(=O)Oc1ccc(S(=O)(=O)Nc2ccccc2C(=O)NCC(N)=O)cc1. The summed E-state index contributed by atoms with van der Waals surface area (Å²) in [5.41, 5.74) is 4.36. The number of nitrogens with two attached hydrogens (primary N) is 1. The number of benzene rings is 2. The maximum atomic E-state index is 12.7. The summed E-state index contributed by atoms with van der Waals surface area (Å²) in [6.07, 6.45) is 0. The molecular weight excluding hydrogens is 410 g/mol. The van der Waals surface area contributed by atoms with E-state index in [0.717, 1.165) is 0 Å². The zero-order chi connectivity index (χ0) is 22.5. The van der Waals surface area contributed by atoms with Crippen molar-refractivity contribution in [2.45, 2.75) is 25.7 Å². The van der Waals surface area contributed by atoms with Gasteiger partial charge in [-0.1, -0.05) is 12.1 Å². The van der Waals surface area contributed by atoms with Crippen molar-refractivity contribution < 1.29 is 27.5 Å². The van der Waals surface area contributed by atoms with Crippen LogP contribution in [0.1, 0.15) is 31.1 Å². The number of nitrogens with one attached hydrogen (secondary N) is 2. The number of anilines is 1. The fourth-order valence-corrected chi connectivity index (χ4v) is 3.26. The summed E-state index contributed by atoms with van der Waals surface area (Å²) in [5.74, 6) is -1.63. The van der Waals surface area contributed by atoms with Crippen molar-refractivity contribution in [3.63, 3.8) is 0 Å². The van der Waals surface area contributed by atoms with Gasteiger partial charge < -0.3 is 15.8 Å². The van der Waals surface area contributed by atoms with E-state index in [-0.39, 0.29) is 28.4 Å². The van der Waals surface area contributed by atoms with E-state index in [1.807, 2.05) is 0 Å². The van der Waals surface area contributed by atoms with Gasteiger partial charge in [0.05, 0.1) is 28.1 Å². The number of esters is 1. The molecule has 2 rings (SSSR count). The minimum atomic E-state index is -4.04. The molecular formula is C20H23N3O6S. The standard InChI is InChI=1S/C20H23N3O6S/c1-20(2,3)19(26)29-13-8-10-14(11-9-13)30(27,28)23-16-7-5-4-6-15(16)18(25)22-12-17(21)24/h4-11,23H,12H2,1-3H3,(H2,21,24)(H,22,25). The molecule has 2 aromatic carbocycles. The van der Waals surface area contributed by atoms with Gasteiger partial charge in [-0.3, -0.25) is 19.1 Å². The molecule has 160 valence electrons. The van der Waals surface area contributed by atoms with Crippen molar-refractivity contribution in [3.8, 4) is 5.75 Å². The van der Waals surface area contributed by atoms with Crippen molar-refractivity contribution in [2.75, 3.05) is 11.3 Å². The van der Waals surface area contributed by atoms with E-state index in [4.69, 9.17) is 10.5 Å². The van der Waals surface area contributed by atoms with Gasteiger partial charge in [0.15, 0.2) is 0 Å². The summed E-state index contributed by atoms with van der Waals surface area (Å²) in [6, 6.07) is 11.2. The third kappa shape index (κ3) is 6.05. The van der Waals surface area contributed by atoms with Crippen LogP contribution >= 0.6 is 0 Å². The number of ether oxygens (including phenoxy) is 1. The average Bonchev–Trinajstić information content (AvgIpc) is 2.66. The summed E-state index contributed by atoms with van der Waals surface area (Å²) >= 11 is 0. The number of hydrogen-bond donors (Lipinski definition) is 3. The number of hydrogen-bond acceptors (Lipinski definition) is 6. The van der Waals surface area contributed by atoms with Crippen LogP contribution in [-0.2, 0) is 19.6 Å². The Morgan fingerprint density at radius 1 is 1.00 bits per heavy atom. The number of primary amides is 1. The van der Waals surface area contributed by atoms with Crippen molar-refractivity contribution in [2.24, 2.45) is 11.1 Å². The minimum absolute atomic E-state index is 0.0260. The Labute approximate surface area is 174 Å². The Bertz CT molecular complexity index is 1060. The highest BCUT2D eigenvalue weighted by atomic mass is 32.2. The molecule has 0 fully saturated rings. The fourth-order valence-electron chi connectivity index (χ4n) is 2.18. The molecule has 2 aromatic rings. The number of rotatable bonds is 7. The van der Waals surface area contributed by atoms with E-state index < -0.39 is 33.2 Å². The van der Waals surface area contributed by atoms with Gasteiger partial charge in [-0.25, -0.2) is 8.42 Å². The molecule has 0 aliphatic heterocycles. The first kappa shape index (κ1) is 22.9. The van der Waals surface area contributed by atoms with E-state index in [9.17, 15) is 22.8 Å². The topological polar surface area (TPSA) is 145 Å². The third-order valence-electron chi connectivity index (χ3n) is 3.80. The van der Waals surface area contributed by atoms with Crippen molar-refractivity contribution >= 4 is 33.5 Å². The molecule has 0 heterocycles. The highest BCUT2D eigenvalue weighted by molar-refractivity contribution is 7.92. The Hall–Kier alpha value is -3.40. The normalized spacial score (nSPS) is 11.4. The van der Waals surface area contributed by atoms with Crippen LogP contribution in [-0.4, -0.2) is 32.7 Å². The maximum absolute atomic E-state index is 12.7. The Balaban J connectivity index is 2.20. The summed E-state index contributed by atoms with van der Waals surface area (Å²) in [6.45, 7) is 4.73. The predicted octanol–water partition coefficient (Wildman–Crippen LogP) is 1.65. The Morgan fingerprint density at radius 3 is 2.17 bits per heavy atom. The first-order valence-corrected chi connectivity index (χ1v) is 10.4. The lowest BCUT2D eigenvalue weighted by atomic mass is 9.97. The fraction of sp³-hybridized carbons (Fsp3) is 0.250. The minimum Gasteiger partial charge on any atom is -0.426 e. The largest absolute Gasteiger partial charge is 0.426 e. The smallest absolute Gasteiger partial charge is 0.316 e. The predicted molar refractivity (Wildman–Crippen MR) is 110 cm³/mol. The van der Waals surface area contributed by atoms with Crippen LogP contribution in [0, 0.1) is 5.41 Å². The van der Waals surface area contributed by atoms with E-state index in [1.54, 1.807) is 32.9 Å². The highest BCUT2D eigenvalue weighted by Crippen LogP contribution is 2.23. The zero-order valence-electron chi connectivity index (χ0n) is 16.8. The molecule has 0 saturated carbocycles. The maximum Gasteiger partial charge on any atom is 0.316 e. The lowest BCUT2D eigenvalue weighted by Crippen LogP contribution is -2.33. The van der Waals surface area contributed by atoms with Crippen molar-refractivity contribution in [3.05, 3.63) is 54.1 Å². The van der Waals surface area contributed by atoms with Crippen LogP contribution < -0.4 is 20.5 Å². The van der Waals surface area contributed by atoms with Gasteiger partial charge in [-0.05, 0) is 57.2 Å². The van der Waals surface area contributed by atoms with E-state index in [2.05, 4.69) is 10.0 Å². The van der Waals surface area contributed by atoms with Crippen LogP contribution in [0.5, 0.6) is 5.75 Å². The Kier molecular flexibility index (Phi) is 6.83. The van der Waals surface area contributed by atoms with Gasteiger partial charge in [0, 0.05) is 0 Å². The number of para-hydroxylation sites is 1. The molecule has 0 aliphatic rings. The van der Waals surface area contributed by atoms with E-state index in [0.29, 0.717) is 0 Å². The molecule has 0 radical (unpaired) electrons. The lowest BCUT2D eigenvalue weighted by Gasteiger charge is -2.16. The van der Waals surface area contributed by atoms with Crippen LogP contribution in [0.3, 0.4) is 0 Å². The summed E-state index contributed by atoms with van der Waals surface area (Å²) in [4.78, 5) is 34.9. The second-order valence-electron chi connectivity index (χ2n) is 7.41. The van der Waals surface area contributed by atoms with E-state index >= 15 is 0 Å². The van der Waals surface area contributed by atoms with Crippen molar-refractivity contribution in [1.29, 1.82) is 0 Å². The third-order valence-corrected chi connectivity index (χ3v) is 5.18. The summed E-state index contributed by atoms with van der Waals surface area (Å²) in [5, 5.41) is 2.31. The second-order valence-corrected chi connectivity index (χ2v) is 9.09. The average molecular weight is 433 g/mol. The number of amides is 2. The molecule has 0 unspecified atom stereocenters. The quantitative estimate of drug-likeness (QED) is 0.447. The number of carbonyl (C=O) groups excluding carboxylic acids is 3. The zero-order valence-corrected chi connectivity index (χ0v) is 17.6. The summed E-state index contributed by atoms with van der Waals surface area (Å²) < 4.78 is 33.0. The van der Waals surface area contributed by atoms with Gasteiger partial charge in [0.25, 0.3) is 15.9 Å². The number of sulfonamides is 1. The summed E-state index contributed by atoms with van der Waals surface area (Å²) in [7, 11) is -4.04. The molecule has 2 amide bonds. The molecule has 4 N–H and O–H groups in total.